The maximum absolute atomic E-state index is 12.7. The second-order valence-corrected chi connectivity index (χ2v) is 6.55. The molecule has 1 aromatic carbocycles. The normalized spacial score (nSPS) is 10.6. The Labute approximate surface area is 160 Å². The molecule has 26 heavy (non-hydrogen) atoms. The molecule has 3 rings (SSSR count). The van der Waals surface area contributed by atoms with E-state index in [0.29, 0.717) is 15.9 Å². The summed E-state index contributed by atoms with van der Waals surface area (Å²) in [6.45, 7) is 2.06. The Morgan fingerprint density at radius 3 is 2.69 bits per heavy atom. The van der Waals surface area contributed by atoms with Crippen LogP contribution in [0.1, 0.15) is 21.6 Å². The standard InChI is InChI=1S/C19H15Cl2N3O2/c1-12-4-2-6-17(22-12)23-18(25)15-5-3-9-24(19(15)26)11-13-7-8-14(20)10-16(13)21/h2-10H,11H2,1H3,(H,22,23,25). The molecule has 3 aromatic rings. The highest BCUT2D eigenvalue weighted by Gasteiger charge is 2.14. The van der Waals surface area contributed by atoms with Gasteiger partial charge >= 0.3 is 0 Å². The molecule has 2 aromatic heterocycles. The van der Waals surface area contributed by atoms with E-state index < -0.39 is 11.5 Å². The van der Waals surface area contributed by atoms with Gasteiger partial charge in [0.15, 0.2) is 0 Å². The highest BCUT2D eigenvalue weighted by molar-refractivity contribution is 6.35. The third kappa shape index (κ3) is 4.12. The van der Waals surface area contributed by atoms with Gasteiger partial charge in [-0.05, 0) is 48.9 Å². The lowest BCUT2D eigenvalue weighted by molar-refractivity contribution is 0.102. The first-order valence-electron chi connectivity index (χ1n) is 7.82. The van der Waals surface area contributed by atoms with Crippen LogP contribution in [0.3, 0.4) is 0 Å². The highest BCUT2D eigenvalue weighted by Crippen LogP contribution is 2.21. The zero-order chi connectivity index (χ0) is 18.7. The number of hydrogen-bond donors (Lipinski definition) is 1. The molecule has 7 heteroatoms. The van der Waals surface area contributed by atoms with E-state index in [9.17, 15) is 9.59 Å². The van der Waals surface area contributed by atoms with Crippen molar-refractivity contribution in [1.82, 2.24) is 9.55 Å². The lowest BCUT2D eigenvalue weighted by Crippen LogP contribution is -2.29. The summed E-state index contributed by atoms with van der Waals surface area (Å²) in [5, 5.41) is 3.62. The van der Waals surface area contributed by atoms with E-state index in [2.05, 4.69) is 10.3 Å². The van der Waals surface area contributed by atoms with E-state index in [4.69, 9.17) is 23.2 Å². The molecule has 0 unspecified atom stereocenters. The van der Waals surface area contributed by atoms with Crippen LogP contribution in [0.5, 0.6) is 0 Å². The molecule has 0 atom stereocenters. The molecule has 0 saturated heterocycles. The fraction of sp³-hybridized carbons (Fsp3) is 0.105. The molecule has 0 aliphatic rings. The summed E-state index contributed by atoms with van der Waals surface area (Å²) in [6, 6.07) is 13.5. The van der Waals surface area contributed by atoms with Crippen LogP contribution in [0, 0.1) is 6.92 Å². The van der Waals surface area contributed by atoms with Crippen LogP contribution in [-0.2, 0) is 6.54 Å². The molecule has 132 valence electrons. The topological polar surface area (TPSA) is 64.0 Å². The average Bonchev–Trinajstić information content (AvgIpc) is 2.59. The summed E-state index contributed by atoms with van der Waals surface area (Å²) in [4.78, 5) is 29.3. The maximum Gasteiger partial charge on any atom is 0.263 e. The van der Waals surface area contributed by atoms with Gasteiger partial charge < -0.3 is 9.88 Å². The highest BCUT2D eigenvalue weighted by atomic mass is 35.5. The molecule has 0 radical (unpaired) electrons. The second kappa shape index (κ2) is 7.72. The van der Waals surface area contributed by atoms with E-state index in [0.717, 1.165) is 11.3 Å². The van der Waals surface area contributed by atoms with Gasteiger partial charge in [0.25, 0.3) is 11.5 Å². The van der Waals surface area contributed by atoms with Crippen LogP contribution in [0.2, 0.25) is 10.0 Å². The third-order valence-electron chi connectivity index (χ3n) is 3.75. The van der Waals surface area contributed by atoms with Crippen molar-refractivity contribution >= 4 is 34.9 Å². The van der Waals surface area contributed by atoms with Gasteiger partial charge in [0, 0.05) is 21.9 Å². The third-order valence-corrected chi connectivity index (χ3v) is 4.34. The van der Waals surface area contributed by atoms with Crippen LogP contribution in [0.4, 0.5) is 5.82 Å². The number of nitrogens with zero attached hydrogens (tertiary/aromatic N) is 2. The fourth-order valence-electron chi connectivity index (χ4n) is 2.46. The smallest absolute Gasteiger partial charge is 0.263 e. The number of aryl methyl sites for hydroxylation is 1. The molecule has 5 nitrogen and oxygen atoms in total. The molecule has 0 fully saturated rings. The van der Waals surface area contributed by atoms with Crippen LogP contribution < -0.4 is 10.9 Å². The first-order valence-corrected chi connectivity index (χ1v) is 8.58. The number of anilines is 1. The van der Waals surface area contributed by atoms with Gasteiger partial charge in [-0.1, -0.05) is 35.3 Å². The van der Waals surface area contributed by atoms with Crippen LogP contribution in [0.15, 0.2) is 59.5 Å². The van der Waals surface area contributed by atoms with Crippen molar-refractivity contribution < 1.29 is 4.79 Å². The minimum absolute atomic E-state index is 0.0286. The zero-order valence-electron chi connectivity index (χ0n) is 13.9. The van der Waals surface area contributed by atoms with Crippen molar-refractivity contribution in [1.29, 1.82) is 0 Å². The number of carbonyl (C=O) groups excluding carboxylic acids is 1. The predicted octanol–water partition coefficient (Wildman–Crippen LogP) is 4.16. The summed E-state index contributed by atoms with van der Waals surface area (Å²) in [5.41, 5.74) is 1.12. The molecule has 2 heterocycles. The number of benzene rings is 1. The van der Waals surface area contributed by atoms with Crippen molar-refractivity contribution in [3.8, 4) is 0 Å². The summed E-state index contributed by atoms with van der Waals surface area (Å²) in [6.07, 6.45) is 1.61. The van der Waals surface area contributed by atoms with Gasteiger partial charge in [-0.2, -0.15) is 0 Å². The Bertz CT molecular complexity index is 1030. The maximum atomic E-state index is 12.7. The van der Waals surface area contributed by atoms with Crippen molar-refractivity contribution in [2.24, 2.45) is 0 Å². The number of carbonyl (C=O) groups is 1. The molecule has 0 spiro atoms. The molecule has 1 N–H and O–H groups in total. The Morgan fingerprint density at radius 1 is 1.15 bits per heavy atom. The Kier molecular flexibility index (Phi) is 5.40. The molecule has 0 saturated carbocycles. The Morgan fingerprint density at radius 2 is 1.96 bits per heavy atom. The fourth-order valence-corrected chi connectivity index (χ4v) is 2.93. The van der Waals surface area contributed by atoms with E-state index in [1.807, 2.05) is 13.0 Å². The monoisotopic (exact) mass is 387 g/mol. The van der Waals surface area contributed by atoms with Gasteiger partial charge in [-0.15, -0.1) is 0 Å². The summed E-state index contributed by atoms with van der Waals surface area (Å²) in [7, 11) is 0. The van der Waals surface area contributed by atoms with Crippen LogP contribution in [0.25, 0.3) is 0 Å². The van der Waals surface area contributed by atoms with E-state index in [1.165, 1.54) is 10.6 Å². The number of amides is 1. The minimum Gasteiger partial charge on any atom is -0.310 e. The summed E-state index contributed by atoms with van der Waals surface area (Å²) in [5.74, 6) is -0.116. The minimum atomic E-state index is -0.510. The van der Waals surface area contributed by atoms with Gasteiger partial charge in [-0.3, -0.25) is 9.59 Å². The van der Waals surface area contributed by atoms with Crippen molar-refractivity contribution in [2.75, 3.05) is 5.32 Å². The Balaban J connectivity index is 1.87. The van der Waals surface area contributed by atoms with Crippen molar-refractivity contribution in [3.05, 3.63) is 91.9 Å². The second-order valence-electron chi connectivity index (χ2n) is 5.71. The molecule has 0 aliphatic carbocycles. The predicted molar refractivity (Wildman–Crippen MR) is 103 cm³/mol. The first-order chi connectivity index (χ1) is 12.4. The largest absolute Gasteiger partial charge is 0.310 e. The molecular weight excluding hydrogens is 373 g/mol. The molecule has 0 bridgehead atoms. The van der Waals surface area contributed by atoms with E-state index >= 15 is 0 Å². The average molecular weight is 388 g/mol. The molecular formula is C19H15Cl2N3O2. The molecule has 0 aliphatic heterocycles. The lowest BCUT2D eigenvalue weighted by Gasteiger charge is -2.10. The lowest BCUT2D eigenvalue weighted by atomic mass is 10.2. The number of nitrogens with one attached hydrogen (secondary N) is 1. The Hall–Kier alpha value is -2.63. The van der Waals surface area contributed by atoms with Crippen molar-refractivity contribution in [2.45, 2.75) is 13.5 Å². The van der Waals surface area contributed by atoms with Gasteiger partial charge in [0.1, 0.15) is 11.4 Å². The number of pyridine rings is 2. The SMILES string of the molecule is Cc1cccc(NC(=O)c2cccn(Cc3ccc(Cl)cc3Cl)c2=O)n1. The van der Waals surface area contributed by atoms with E-state index in [-0.39, 0.29) is 12.1 Å². The van der Waals surface area contributed by atoms with Gasteiger partial charge in [0.2, 0.25) is 0 Å². The molecule has 1 amide bonds. The van der Waals surface area contributed by atoms with E-state index in [1.54, 1.807) is 42.6 Å². The quantitative estimate of drug-likeness (QED) is 0.730. The summed E-state index contributed by atoms with van der Waals surface area (Å²) >= 11 is 12.1. The van der Waals surface area contributed by atoms with Gasteiger partial charge in [-0.25, -0.2) is 4.98 Å². The van der Waals surface area contributed by atoms with Crippen LogP contribution in [-0.4, -0.2) is 15.5 Å². The number of halogens is 2. The number of rotatable bonds is 4. The number of hydrogen-bond acceptors (Lipinski definition) is 3. The zero-order valence-corrected chi connectivity index (χ0v) is 15.4. The first kappa shape index (κ1) is 18.2. The van der Waals surface area contributed by atoms with Gasteiger partial charge in [0.05, 0.1) is 6.54 Å². The number of aromatic nitrogens is 2. The van der Waals surface area contributed by atoms with Crippen molar-refractivity contribution in [3.63, 3.8) is 0 Å². The van der Waals surface area contributed by atoms with Crippen LogP contribution >= 0.6 is 23.2 Å². The summed E-state index contributed by atoms with van der Waals surface area (Å²) < 4.78 is 1.42.